The molecule has 1 aromatic carbocycles. The molecule has 2 rings (SSSR count). The molecule has 0 spiro atoms. The number of carbonyl (C=O) groups is 1. The summed E-state index contributed by atoms with van der Waals surface area (Å²) in [6.45, 7) is 2.02. The average Bonchev–Trinajstić information content (AvgIpc) is 2.69. The maximum Gasteiger partial charge on any atom is 0.234 e. The molecule has 122 valence electrons. The van der Waals surface area contributed by atoms with Crippen LogP contribution in [0.5, 0.6) is 0 Å². The minimum Gasteiger partial charge on any atom is -0.350 e. The van der Waals surface area contributed by atoms with E-state index in [0.717, 1.165) is 5.56 Å². The molecule has 1 fully saturated rings. The Morgan fingerprint density at radius 2 is 1.95 bits per heavy atom. The molecule has 1 aromatic rings. The molecule has 0 bridgehead atoms. The zero-order chi connectivity index (χ0) is 16.3. The normalized spacial score (nSPS) is 24.9. The molecule has 0 aliphatic carbocycles. The Morgan fingerprint density at radius 3 is 2.50 bits per heavy atom. The first-order chi connectivity index (χ1) is 10.3. The quantitative estimate of drug-likeness (QED) is 0.776. The van der Waals surface area contributed by atoms with Gasteiger partial charge in [0, 0.05) is 11.1 Å². The molecule has 0 radical (unpaired) electrons. The highest BCUT2D eigenvalue weighted by Gasteiger charge is 2.37. The van der Waals surface area contributed by atoms with Gasteiger partial charge in [-0.15, -0.1) is 11.6 Å². The molecule has 2 N–H and O–H groups in total. The van der Waals surface area contributed by atoms with E-state index in [9.17, 15) is 13.2 Å². The van der Waals surface area contributed by atoms with Crippen LogP contribution in [0.25, 0.3) is 0 Å². The van der Waals surface area contributed by atoms with Gasteiger partial charge in [-0.2, -0.15) is 0 Å². The van der Waals surface area contributed by atoms with Crippen molar-refractivity contribution in [3.05, 3.63) is 34.9 Å². The number of halogens is 2. The Morgan fingerprint density at radius 1 is 1.32 bits per heavy atom. The summed E-state index contributed by atoms with van der Waals surface area (Å²) in [6, 6.07) is 6.80. The summed E-state index contributed by atoms with van der Waals surface area (Å²) >= 11 is 11.8. The second-order valence-electron chi connectivity index (χ2n) is 5.42. The Labute approximate surface area is 140 Å². The molecule has 1 aliphatic rings. The van der Waals surface area contributed by atoms with Crippen molar-refractivity contribution in [1.29, 1.82) is 0 Å². The third kappa shape index (κ3) is 4.84. The number of hydrogen-bond acceptors (Lipinski definition) is 4. The fourth-order valence-corrected chi connectivity index (χ4v) is 4.99. The molecular weight excluding hydrogens is 347 g/mol. The van der Waals surface area contributed by atoms with Crippen LogP contribution in [-0.4, -0.2) is 43.8 Å². The van der Waals surface area contributed by atoms with Crippen LogP contribution in [0.1, 0.15) is 18.5 Å². The molecule has 22 heavy (non-hydrogen) atoms. The number of nitrogens with one attached hydrogen (secondary N) is 2. The highest BCUT2D eigenvalue weighted by Crippen LogP contribution is 2.18. The molecule has 8 heteroatoms. The summed E-state index contributed by atoms with van der Waals surface area (Å²) in [5.41, 5.74) is 1.01. The van der Waals surface area contributed by atoms with Gasteiger partial charge in [-0.05, 0) is 24.6 Å². The second kappa shape index (κ2) is 7.17. The predicted octanol–water partition coefficient (Wildman–Crippen LogP) is 1.51. The molecule has 3 atom stereocenters. The summed E-state index contributed by atoms with van der Waals surface area (Å²) < 4.78 is 22.9. The lowest BCUT2D eigenvalue weighted by Crippen LogP contribution is -2.44. The van der Waals surface area contributed by atoms with E-state index in [4.69, 9.17) is 23.2 Å². The number of benzene rings is 1. The Balaban J connectivity index is 1.81. The molecule has 1 aliphatic heterocycles. The number of amides is 1. The van der Waals surface area contributed by atoms with Crippen molar-refractivity contribution in [2.24, 2.45) is 0 Å². The summed E-state index contributed by atoms with van der Waals surface area (Å²) in [4.78, 5) is 11.9. The van der Waals surface area contributed by atoms with Gasteiger partial charge in [0.2, 0.25) is 5.91 Å². The van der Waals surface area contributed by atoms with E-state index >= 15 is 0 Å². The van der Waals surface area contributed by atoms with E-state index < -0.39 is 21.3 Å². The van der Waals surface area contributed by atoms with Crippen molar-refractivity contribution in [2.75, 3.05) is 18.1 Å². The van der Waals surface area contributed by atoms with E-state index in [1.807, 2.05) is 19.1 Å². The van der Waals surface area contributed by atoms with Crippen molar-refractivity contribution in [3.8, 4) is 0 Å². The molecule has 0 aromatic heterocycles. The smallest absolute Gasteiger partial charge is 0.234 e. The maximum absolute atomic E-state index is 11.9. The monoisotopic (exact) mass is 364 g/mol. The van der Waals surface area contributed by atoms with Crippen LogP contribution in [-0.2, 0) is 14.6 Å². The van der Waals surface area contributed by atoms with Crippen molar-refractivity contribution >= 4 is 38.9 Å². The predicted molar refractivity (Wildman–Crippen MR) is 88.1 cm³/mol. The van der Waals surface area contributed by atoms with E-state index in [1.165, 1.54) is 0 Å². The van der Waals surface area contributed by atoms with E-state index in [0.29, 0.717) is 5.02 Å². The number of carbonyl (C=O) groups excluding carboxylic acids is 1. The van der Waals surface area contributed by atoms with Crippen LogP contribution in [0.4, 0.5) is 0 Å². The van der Waals surface area contributed by atoms with Gasteiger partial charge in [0.15, 0.2) is 9.84 Å². The Bertz CT molecular complexity index is 634. The van der Waals surface area contributed by atoms with Crippen LogP contribution in [0.15, 0.2) is 24.3 Å². The first-order valence-corrected chi connectivity index (χ1v) is 9.53. The zero-order valence-corrected chi connectivity index (χ0v) is 14.4. The number of rotatable bonds is 5. The molecular formula is C14H18Cl2N2O3S. The van der Waals surface area contributed by atoms with E-state index in [1.54, 1.807) is 12.1 Å². The molecule has 1 heterocycles. The lowest BCUT2D eigenvalue weighted by atomic mass is 10.1. The van der Waals surface area contributed by atoms with Gasteiger partial charge in [0.1, 0.15) is 0 Å². The molecule has 0 saturated carbocycles. The Hall–Kier alpha value is -0.820. The van der Waals surface area contributed by atoms with Crippen LogP contribution in [0.2, 0.25) is 5.02 Å². The fraction of sp³-hybridized carbons (Fsp3) is 0.500. The standard InChI is InChI=1S/C14H18Cl2N2O3S/c1-9(10-2-4-11(15)5-3-10)17-6-14(19)18-13-8-22(20,21)7-12(13)16/h2-5,9,12-13,17H,6-8H2,1H3,(H,18,19)/t9-,12-,13-/m0/s1. The minimum absolute atomic E-state index is 0.0258. The van der Waals surface area contributed by atoms with Gasteiger partial charge >= 0.3 is 0 Å². The highest BCUT2D eigenvalue weighted by atomic mass is 35.5. The Kier molecular flexibility index (Phi) is 5.71. The SMILES string of the molecule is C[C@H](NCC(=O)N[C@H]1CS(=O)(=O)C[C@@H]1Cl)c1ccc(Cl)cc1. The molecule has 0 unspecified atom stereocenters. The van der Waals surface area contributed by atoms with E-state index in [2.05, 4.69) is 10.6 Å². The molecule has 5 nitrogen and oxygen atoms in total. The third-order valence-corrected chi connectivity index (χ3v) is 6.20. The molecule has 1 amide bonds. The summed E-state index contributed by atoms with van der Waals surface area (Å²) in [5.74, 6) is -0.457. The first-order valence-electron chi connectivity index (χ1n) is 6.89. The average molecular weight is 365 g/mol. The van der Waals surface area contributed by atoms with Gasteiger partial charge in [-0.3, -0.25) is 4.79 Å². The van der Waals surface area contributed by atoms with Crippen LogP contribution >= 0.6 is 23.2 Å². The van der Waals surface area contributed by atoms with Gasteiger partial charge in [-0.1, -0.05) is 23.7 Å². The van der Waals surface area contributed by atoms with Crippen molar-refractivity contribution < 1.29 is 13.2 Å². The number of hydrogen-bond donors (Lipinski definition) is 2. The highest BCUT2D eigenvalue weighted by molar-refractivity contribution is 7.91. The first kappa shape index (κ1) is 17.5. The van der Waals surface area contributed by atoms with Gasteiger partial charge in [-0.25, -0.2) is 8.42 Å². The van der Waals surface area contributed by atoms with Crippen LogP contribution in [0.3, 0.4) is 0 Å². The van der Waals surface area contributed by atoms with Crippen LogP contribution < -0.4 is 10.6 Å². The number of sulfone groups is 1. The summed E-state index contributed by atoms with van der Waals surface area (Å²) in [7, 11) is -3.15. The lowest BCUT2D eigenvalue weighted by molar-refractivity contribution is -0.120. The van der Waals surface area contributed by atoms with Gasteiger partial charge < -0.3 is 10.6 Å². The van der Waals surface area contributed by atoms with E-state index in [-0.39, 0.29) is 30.0 Å². The minimum atomic E-state index is -3.15. The number of alkyl halides is 1. The van der Waals surface area contributed by atoms with Crippen molar-refractivity contribution in [1.82, 2.24) is 10.6 Å². The largest absolute Gasteiger partial charge is 0.350 e. The third-order valence-electron chi connectivity index (χ3n) is 3.57. The van der Waals surface area contributed by atoms with Crippen LogP contribution in [0, 0.1) is 0 Å². The van der Waals surface area contributed by atoms with Gasteiger partial charge in [0.25, 0.3) is 0 Å². The second-order valence-corrected chi connectivity index (χ2v) is 8.57. The molecule has 1 saturated heterocycles. The topological polar surface area (TPSA) is 75.3 Å². The van der Waals surface area contributed by atoms with Crippen molar-refractivity contribution in [2.45, 2.75) is 24.4 Å². The van der Waals surface area contributed by atoms with Gasteiger partial charge in [0.05, 0.1) is 29.5 Å². The maximum atomic E-state index is 11.9. The summed E-state index contributed by atoms with van der Waals surface area (Å²) in [6.07, 6.45) is 0. The zero-order valence-electron chi connectivity index (χ0n) is 12.1. The van der Waals surface area contributed by atoms with Crippen molar-refractivity contribution in [3.63, 3.8) is 0 Å². The fourth-order valence-electron chi connectivity index (χ4n) is 2.31. The summed E-state index contributed by atoms with van der Waals surface area (Å²) in [5, 5.41) is 5.84. The lowest BCUT2D eigenvalue weighted by Gasteiger charge is -2.17.